The van der Waals surface area contributed by atoms with Gasteiger partial charge in [0.2, 0.25) is 5.95 Å². The maximum absolute atomic E-state index is 13.4. The summed E-state index contributed by atoms with van der Waals surface area (Å²) in [5.74, 6) is -0.775. The van der Waals surface area contributed by atoms with Crippen molar-refractivity contribution in [2.75, 3.05) is 11.5 Å². The lowest BCUT2D eigenvalue weighted by Crippen LogP contribution is -2.30. The average Bonchev–Trinajstić information content (AvgIpc) is 3.41. The SMILES string of the molecule is CCCOc1ccc(/C(O)=C2\C(=O)C(=O)N(c3nc4ccccc4[nH]3)C2c2cccc(C)c2)cc1C. The van der Waals surface area contributed by atoms with Crippen LogP contribution in [0, 0.1) is 13.8 Å². The van der Waals surface area contributed by atoms with E-state index in [0.29, 0.717) is 29.0 Å². The first-order chi connectivity index (χ1) is 17.4. The van der Waals surface area contributed by atoms with Gasteiger partial charge in [-0.25, -0.2) is 4.98 Å². The molecule has 0 radical (unpaired) electrons. The Bertz CT molecular complexity index is 1480. The molecule has 1 unspecified atom stereocenters. The predicted molar refractivity (Wildman–Crippen MR) is 139 cm³/mol. The first-order valence-corrected chi connectivity index (χ1v) is 11.9. The fourth-order valence-corrected chi connectivity index (χ4v) is 4.59. The summed E-state index contributed by atoms with van der Waals surface area (Å²) in [4.78, 5) is 35.9. The van der Waals surface area contributed by atoms with Crippen LogP contribution in [0.15, 0.2) is 72.3 Å². The number of ketones is 1. The molecule has 36 heavy (non-hydrogen) atoms. The minimum absolute atomic E-state index is 0.0210. The normalized spacial score (nSPS) is 17.2. The van der Waals surface area contributed by atoms with Crippen molar-refractivity contribution >= 4 is 34.4 Å². The molecule has 2 heterocycles. The molecule has 1 amide bonds. The van der Waals surface area contributed by atoms with Crippen LogP contribution in [0.25, 0.3) is 16.8 Å². The largest absolute Gasteiger partial charge is 0.507 e. The van der Waals surface area contributed by atoms with E-state index in [9.17, 15) is 14.7 Å². The number of para-hydroxylation sites is 2. The number of carbonyl (C=O) groups is 2. The molecule has 0 spiro atoms. The number of nitrogens with zero attached hydrogens (tertiary/aromatic N) is 2. The number of imidazole rings is 1. The van der Waals surface area contributed by atoms with Crippen LogP contribution in [-0.4, -0.2) is 33.4 Å². The molecule has 1 saturated heterocycles. The molecule has 7 heteroatoms. The number of aromatic amines is 1. The van der Waals surface area contributed by atoms with Gasteiger partial charge in [-0.05, 0) is 61.7 Å². The number of anilines is 1. The number of nitrogens with one attached hydrogen (secondary N) is 1. The van der Waals surface area contributed by atoms with Crippen LogP contribution in [-0.2, 0) is 9.59 Å². The number of ether oxygens (including phenoxy) is 1. The Balaban J connectivity index is 1.67. The van der Waals surface area contributed by atoms with Gasteiger partial charge in [0, 0.05) is 5.56 Å². The highest BCUT2D eigenvalue weighted by Gasteiger charge is 2.48. The summed E-state index contributed by atoms with van der Waals surface area (Å²) in [6.45, 7) is 6.44. The zero-order valence-electron chi connectivity index (χ0n) is 20.4. The van der Waals surface area contributed by atoms with E-state index < -0.39 is 17.7 Å². The highest BCUT2D eigenvalue weighted by molar-refractivity contribution is 6.51. The van der Waals surface area contributed by atoms with Gasteiger partial charge in [-0.2, -0.15) is 0 Å². The molecule has 0 saturated carbocycles. The van der Waals surface area contributed by atoms with E-state index in [4.69, 9.17) is 4.74 Å². The highest BCUT2D eigenvalue weighted by Crippen LogP contribution is 2.42. The second-order valence-corrected chi connectivity index (χ2v) is 8.99. The summed E-state index contributed by atoms with van der Waals surface area (Å²) in [5, 5.41) is 11.4. The van der Waals surface area contributed by atoms with Gasteiger partial charge in [0.25, 0.3) is 5.78 Å². The Hall–Kier alpha value is -4.39. The van der Waals surface area contributed by atoms with Gasteiger partial charge >= 0.3 is 5.91 Å². The Labute approximate surface area is 209 Å². The first kappa shape index (κ1) is 23.4. The fraction of sp³-hybridized carbons (Fsp3) is 0.207. The van der Waals surface area contributed by atoms with Gasteiger partial charge in [-0.15, -0.1) is 0 Å². The Kier molecular flexibility index (Phi) is 6.06. The Morgan fingerprint density at radius 3 is 2.58 bits per heavy atom. The molecule has 0 aliphatic carbocycles. The fourth-order valence-electron chi connectivity index (χ4n) is 4.59. The number of amides is 1. The number of Topliss-reactive ketones (excluding diaryl/α,β-unsaturated/α-hetero) is 1. The Morgan fingerprint density at radius 2 is 1.86 bits per heavy atom. The summed E-state index contributed by atoms with van der Waals surface area (Å²) < 4.78 is 5.75. The zero-order valence-corrected chi connectivity index (χ0v) is 20.4. The number of benzene rings is 3. The van der Waals surface area contributed by atoms with Crippen molar-refractivity contribution in [3.05, 3.63) is 94.6 Å². The number of hydrogen-bond acceptors (Lipinski definition) is 5. The lowest BCUT2D eigenvalue weighted by molar-refractivity contribution is -0.132. The molecular formula is C29H27N3O4. The number of aliphatic hydroxyl groups excluding tert-OH is 1. The molecular weight excluding hydrogens is 454 g/mol. The molecule has 2 N–H and O–H groups in total. The molecule has 1 aromatic heterocycles. The van der Waals surface area contributed by atoms with Gasteiger partial charge in [0.05, 0.1) is 29.3 Å². The van der Waals surface area contributed by atoms with E-state index in [-0.39, 0.29) is 17.3 Å². The maximum atomic E-state index is 13.4. The first-order valence-electron chi connectivity index (χ1n) is 11.9. The standard InChI is InChI=1S/C29H27N3O4/c1-4-14-36-23-13-12-20(16-18(23)3)26(33)24-25(19-9-7-8-17(2)15-19)32(28(35)27(24)34)29-30-21-10-5-6-11-22(21)31-29/h5-13,15-16,25,33H,4,14H2,1-3H3,(H,30,31)/b26-24+. The molecule has 3 aromatic carbocycles. The highest BCUT2D eigenvalue weighted by atomic mass is 16.5. The number of hydrogen-bond donors (Lipinski definition) is 2. The molecule has 1 aliphatic heterocycles. The lowest BCUT2D eigenvalue weighted by atomic mass is 9.94. The van der Waals surface area contributed by atoms with Crippen LogP contribution in [0.4, 0.5) is 5.95 Å². The second kappa shape index (κ2) is 9.34. The van der Waals surface area contributed by atoms with Crippen LogP contribution >= 0.6 is 0 Å². The second-order valence-electron chi connectivity index (χ2n) is 8.99. The topological polar surface area (TPSA) is 95.5 Å². The molecule has 182 valence electrons. The van der Waals surface area contributed by atoms with Crippen molar-refractivity contribution in [3.63, 3.8) is 0 Å². The monoisotopic (exact) mass is 481 g/mol. The van der Waals surface area contributed by atoms with Crippen LogP contribution in [0.3, 0.4) is 0 Å². The quantitative estimate of drug-likeness (QED) is 0.212. The average molecular weight is 482 g/mol. The summed E-state index contributed by atoms with van der Waals surface area (Å²) in [5.41, 5.74) is 4.38. The van der Waals surface area contributed by atoms with Crippen molar-refractivity contribution in [2.24, 2.45) is 0 Å². The minimum Gasteiger partial charge on any atom is -0.507 e. The maximum Gasteiger partial charge on any atom is 0.302 e. The van der Waals surface area contributed by atoms with Crippen LogP contribution in [0.1, 0.15) is 41.6 Å². The summed E-state index contributed by atoms with van der Waals surface area (Å²) in [6, 6.07) is 19.4. The third kappa shape index (κ3) is 4.02. The van der Waals surface area contributed by atoms with E-state index in [1.165, 1.54) is 4.90 Å². The molecule has 1 fully saturated rings. The molecule has 5 rings (SSSR count). The number of fused-ring (bicyclic) bond motifs is 1. The van der Waals surface area contributed by atoms with E-state index in [1.807, 2.05) is 69.3 Å². The van der Waals surface area contributed by atoms with Crippen molar-refractivity contribution in [2.45, 2.75) is 33.2 Å². The van der Waals surface area contributed by atoms with Crippen molar-refractivity contribution < 1.29 is 19.4 Å². The third-order valence-electron chi connectivity index (χ3n) is 6.32. The third-order valence-corrected chi connectivity index (χ3v) is 6.32. The van der Waals surface area contributed by atoms with Gasteiger partial charge in [0.15, 0.2) is 0 Å². The van der Waals surface area contributed by atoms with Crippen LogP contribution in [0.5, 0.6) is 5.75 Å². The van der Waals surface area contributed by atoms with E-state index in [2.05, 4.69) is 9.97 Å². The number of rotatable bonds is 6. The van der Waals surface area contributed by atoms with Crippen molar-refractivity contribution in [3.8, 4) is 5.75 Å². The molecule has 1 atom stereocenters. The summed E-state index contributed by atoms with van der Waals surface area (Å²) in [6.07, 6.45) is 0.878. The number of aryl methyl sites for hydroxylation is 2. The smallest absolute Gasteiger partial charge is 0.302 e. The minimum atomic E-state index is -0.846. The summed E-state index contributed by atoms with van der Waals surface area (Å²) in [7, 11) is 0. The molecule has 0 bridgehead atoms. The zero-order chi connectivity index (χ0) is 25.4. The van der Waals surface area contributed by atoms with E-state index in [0.717, 1.165) is 23.1 Å². The number of carbonyl (C=O) groups excluding carboxylic acids is 2. The number of aromatic nitrogens is 2. The number of H-pyrrole nitrogens is 1. The number of aliphatic hydroxyl groups is 1. The van der Waals surface area contributed by atoms with Gasteiger partial charge in [0.1, 0.15) is 11.5 Å². The van der Waals surface area contributed by atoms with Crippen LogP contribution < -0.4 is 9.64 Å². The van der Waals surface area contributed by atoms with Crippen molar-refractivity contribution in [1.82, 2.24) is 9.97 Å². The van der Waals surface area contributed by atoms with E-state index in [1.54, 1.807) is 18.2 Å². The van der Waals surface area contributed by atoms with Crippen molar-refractivity contribution in [1.29, 1.82) is 0 Å². The Morgan fingerprint density at radius 1 is 1.06 bits per heavy atom. The molecule has 7 nitrogen and oxygen atoms in total. The van der Waals surface area contributed by atoms with Gasteiger partial charge in [-0.1, -0.05) is 48.9 Å². The predicted octanol–water partition coefficient (Wildman–Crippen LogP) is 5.59. The molecule has 1 aliphatic rings. The van der Waals surface area contributed by atoms with E-state index >= 15 is 0 Å². The summed E-state index contributed by atoms with van der Waals surface area (Å²) >= 11 is 0. The van der Waals surface area contributed by atoms with Gasteiger partial charge < -0.3 is 14.8 Å². The van der Waals surface area contributed by atoms with Crippen LogP contribution in [0.2, 0.25) is 0 Å². The van der Waals surface area contributed by atoms with Gasteiger partial charge in [-0.3, -0.25) is 14.5 Å². The lowest BCUT2D eigenvalue weighted by Gasteiger charge is -2.23. The molecule has 4 aromatic rings.